The molecule has 2 heterocycles. The zero-order chi connectivity index (χ0) is 21.5. The number of fused-ring (bicyclic) bond motifs is 3. The van der Waals surface area contributed by atoms with Crippen molar-refractivity contribution in [3.63, 3.8) is 0 Å². The Kier molecular flexibility index (Phi) is 5.69. The number of benzene rings is 1. The lowest BCUT2D eigenvalue weighted by Gasteiger charge is -2.17. The molecule has 0 bridgehead atoms. The summed E-state index contributed by atoms with van der Waals surface area (Å²) in [4.78, 5) is 19.9. The number of rotatable bonds is 6. The highest BCUT2D eigenvalue weighted by atomic mass is 32.2. The molecule has 1 aromatic carbocycles. The van der Waals surface area contributed by atoms with E-state index in [1.54, 1.807) is 34.4 Å². The second-order valence-corrected chi connectivity index (χ2v) is 11.1. The fraction of sp³-hybridized carbons (Fsp3) is 0.429. The van der Waals surface area contributed by atoms with Gasteiger partial charge in [0.1, 0.15) is 17.2 Å². The number of nitrogens with zero attached hydrogens (tertiary/aromatic N) is 3. The summed E-state index contributed by atoms with van der Waals surface area (Å²) in [7, 11) is -0.477. The summed E-state index contributed by atoms with van der Waals surface area (Å²) >= 11 is 1.64. The molecular formula is C21H25N3O4S2. The minimum absolute atomic E-state index is 0.0110. The Balaban J connectivity index is 1.47. The van der Waals surface area contributed by atoms with E-state index >= 15 is 0 Å². The first-order valence-electron chi connectivity index (χ1n) is 9.92. The molecule has 160 valence electrons. The van der Waals surface area contributed by atoms with Crippen LogP contribution in [0.25, 0.3) is 10.2 Å². The van der Waals surface area contributed by atoms with Crippen molar-refractivity contribution in [3.05, 3.63) is 51.4 Å². The third-order valence-electron chi connectivity index (χ3n) is 5.49. The van der Waals surface area contributed by atoms with Crippen molar-refractivity contribution < 1.29 is 13.2 Å². The van der Waals surface area contributed by atoms with Crippen molar-refractivity contribution in [1.29, 1.82) is 0 Å². The molecule has 0 saturated heterocycles. The molecule has 30 heavy (non-hydrogen) atoms. The van der Waals surface area contributed by atoms with Crippen molar-refractivity contribution in [3.8, 4) is 5.75 Å². The Bertz CT molecular complexity index is 1230. The third-order valence-corrected chi connectivity index (χ3v) is 8.48. The van der Waals surface area contributed by atoms with Gasteiger partial charge in [-0.2, -0.15) is 0 Å². The van der Waals surface area contributed by atoms with E-state index < -0.39 is 10.0 Å². The predicted molar refractivity (Wildman–Crippen MR) is 118 cm³/mol. The first kappa shape index (κ1) is 21.0. The molecule has 9 heteroatoms. The van der Waals surface area contributed by atoms with Crippen molar-refractivity contribution >= 4 is 31.6 Å². The average molecular weight is 448 g/mol. The van der Waals surface area contributed by atoms with Crippen LogP contribution in [0.5, 0.6) is 5.75 Å². The van der Waals surface area contributed by atoms with Crippen LogP contribution in [-0.4, -0.2) is 43.0 Å². The minimum atomic E-state index is -3.46. The van der Waals surface area contributed by atoms with Gasteiger partial charge in [0.2, 0.25) is 10.0 Å². The Morgan fingerprint density at radius 3 is 2.70 bits per heavy atom. The van der Waals surface area contributed by atoms with Crippen LogP contribution in [0.3, 0.4) is 0 Å². The fourth-order valence-electron chi connectivity index (χ4n) is 3.71. The third kappa shape index (κ3) is 3.89. The van der Waals surface area contributed by atoms with Gasteiger partial charge in [-0.25, -0.2) is 17.7 Å². The molecule has 0 N–H and O–H groups in total. The van der Waals surface area contributed by atoms with E-state index in [0.29, 0.717) is 18.2 Å². The van der Waals surface area contributed by atoms with Gasteiger partial charge in [0.05, 0.1) is 23.2 Å². The van der Waals surface area contributed by atoms with Crippen LogP contribution in [0.1, 0.15) is 23.8 Å². The highest BCUT2D eigenvalue weighted by Crippen LogP contribution is 2.35. The van der Waals surface area contributed by atoms with Gasteiger partial charge in [0.25, 0.3) is 5.56 Å². The van der Waals surface area contributed by atoms with Gasteiger partial charge in [-0.3, -0.25) is 9.36 Å². The lowest BCUT2D eigenvalue weighted by atomic mass is 9.89. The summed E-state index contributed by atoms with van der Waals surface area (Å²) in [5, 5.41) is 0.766. The molecule has 7 nitrogen and oxygen atoms in total. The molecule has 0 aliphatic heterocycles. The molecule has 3 aromatic rings. The molecular weight excluding hydrogens is 422 g/mol. The van der Waals surface area contributed by atoms with Crippen molar-refractivity contribution in [1.82, 2.24) is 13.9 Å². The van der Waals surface area contributed by atoms with E-state index in [4.69, 9.17) is 4.74 Å². The van der Waals surface area contributed by atoms with Crippen LogP contribution < -0.4 is 10.3 Å². The first-order chi connectivity index (χ1) is 14.3. The molecule has 4 rings (SSSR count). The lowest BCUT2D eigenvalue weighted by Crippen LogP contribution is -2.24. The van der Waals surface area contributed by atoms with Gasteiger partial charge in [0, 0.05) is 19.0 Å². The van der Waals surface area contributed by atoms with E-state index in [2.05, 4.69) is 11.9 Å². The van der Waals surface area contributed by atoms with Gasteiger partial charge in [0.15, 0.2) is 0 Å². The van der Waals surface area contributed by atoms with Crippen LogP contribution >= 0.6 is 11.3 Å². The Morgan fingerprint density at radius 2 is 2.00 bits per heavy atom. The Hall–Kier alpha value is -2.23. The van der Waals surface area contributed by atoms with Crippen LogP contribution in [-0.2, 0) is 29.4 Å². The number of hydrogen-bond donors (Lipinski definition) is 0. The molecule has 2 aromatic heterocycles. The predicted octanol–water partition coefficient (Wildman–Crippen LogP) is 2.91. The molecule has 1 unspecified atom stereocenters. The Morgan fingerprint density at radius 1 is 1.27 bits per heavy atom. The quantitative estimate of drug-likeness (QED) is 0.580. The van der Waals surface area contributed by atoms with Gasteiger partial charge in [-0.1, -0.05) is 6.92 Å². The second kappa shape index (κ2) is 8.13. The molecule has 1 aliphatic carbocycles. The fourth-order valence-corrected chi connectivity index (χ4v) is 5.95. The zero-order valence-electron chi connectivity index (χ0n) is 17.3. The summed E-state index contributed by atoms with van der Waals surface area (Å²) in [6, 6.07) is 6.28. The highest BCUT2D eigenvalue weighted by Gasteiger charge is 2.23. The SMILES string of the molecule is CC1CCc2c(sc3ncn(CCOc4ccc(S(=O)(=O)N(C)C)cc4)c(=O)c23)C1. The van der Waals surface area contributed by atoms with Crippen molar-refractivity contribution in [2.45, 2.75) is 37.6 Å². The second-order valence-electron chi connectivity index (χ2n) is 7.88. The monoisotopic (exact) mass is 447 g/mol. The van der Waals surface area contributed by atoms with Gasteiger partial charge in [-0.05, 0) is 55.0 Å². The molecule has 0 spiro atoms. The maximum absolute atomic E-state index is 13.0. The van der Waals surface area contributed by atoms with Gasteiger partial charge < -0.3 is 4.74 Å². The number of sulfonamides is 1. The van der Waals surface area contributed by atoms with Crippen molar-refractivity contribution in [2.24, 2.45) is 5.92 Å². The molecule has 0 fully saturated rings. The first-order valence-corrected chi connectivity index (χ1v) is 12.2. The zero-order valence-corrected chi connectivity index (χ0v) is 18.9. The summed E-state index contributed by atoms with van der Waals surface area (Å²) in [6.45, 7) is 2.91. The number of ether oxygens (including phenoxy) is 1. The summed E-state index contributed by atoms with van der Waals surface area (Å²) in [5.41, 5.74) is 1.17. The summed E-state index contributed by atoms with van der Waals surface area (Å²) in [6.07, 6.45) is 4.66. The smallest absolute Gasteiger partial charge is 0.262 e. The van der Waals surface area contributed by atoms with E-state index in [1.165, 1.54) is 41.0 Å². The number of thiophene rings is 1. The summed E-state index contributed by atoms with van der Waals surface area (Å²) < 4.78 is 32.7. The number of aryl methyl sites for hydroxylation is 1. The van der Waals surface area contributed by atoms with Crippen LogP contribution in [0, 0.1) is 5.92 Å². The van der Waals surface area contributed by atoms with Crippen LogP contribution in [0.15, 0.2) is 40.3 Å². The minimum Gasteiger partial charge on any atom is -0.492 e. The van der Waals surface area contributed by atoms with E-state index in [0.717, 1.165) is 29.5 Å². The van der Waals surface area contributed by atoms with Crippen molar-refractivity contribution in [2.75, 3.05) is 20.7 Å². The van der Waals surface area contributed by atoms with Gasteiger partial charge in [-0.15, -0.1) is 11.3 Å². The van der Waals surface area contributed by atoms with Gasteiger partial charge >= 0.3 is 0 Å². The maximum Gasteiger partial charge on any atom is 0.262 e. The number of hydrogen-bond acceptors (Lipinski definition) is 6. The summed E-state index contributed by atoms with van der Waals surface area (Å²) in [5.74, 6) is 1.21. The lowest BCUT2D eigenvalue weighted by molar-refractivity contribution is 0.296. The molecule has 1 aliphatic rings. The molecule has 0 saturated carbocycles. The van der Waals surface area contributed by atoms with E-state index in [1.807, 2.05) is 0 Å². The maximum atomic E-state index is 13.0. The normalized spacial score (nSPS) is 16.7. The standard InChI is InChI=1S/C21H25N3O4S2/c1-14-4-9-17-18(12-14)29-20-19(17)21(25)24(13-22-20)10-11-28-15-5-7-16(8-6-15)30(26,27)23(2)3/h5-8,13-14H,4,9-12H2,1-3H3. The number of aromatic nitrogens is 2. The largest absolute Gasteiger partial charge is 0.492 e. The topological polar surface area (TPSA) is 81.5 Å². The highest BCUT2D eigenvalue weighted by molar-refractivity contribution is 7.89. The van der Waals surface area contributed by atoms with E-state index in [9.17, 15) is 13.2 Å². The molecule has 0 radical (unpaired) electrons. The molecule has 1 atom stereocenters. The molecule has 0 amide bonds. The Labute approximate surface area is 180 Å². The average Bonchev–Trinajstić information content (AvgIpc) is 3.08. The van der Waals surface area contributed by atoms with E-state index in [-0.39, 0.29) is 17.1 Å². The van der Waals surface area contributed by atoms with Crippen LogP contribution in [0.2, 0.25) is 0 Å². The van der Waals surface area contributed by atoms with Crippen LogP contribution in [0.4, 0.5) is 0 Å².